The van der Waals surface area contributed by atoms with Gasteiger partial charge in [0.25, 0.3) is 0 Å². The van der Waals surface area contributed by atoms with Gasteiger partial charge in [-0.1, -0.05) is 36.5 Å². The van der Waals surface area contributed by atoms with Crippen molar-refractivity contribution < 1.29 is 0 Å². The predicted molar refractivity (Wildman–Crippen MR) is 48.4 cm³/mol. The number of hydrogen-bond donors (Lipinski definition) is 0. The summed E-state index contributed by atoms with van der Waals surface area (Å²) in [6.45, 7) is 0. The average molecular weight is 156 g/mol. The van der Waals surface area contributed by atoms with Gasteiger partial charge in [-0.05, 0) is 35.5 Å². The molecule has 0 saturated heterocycles. The molecule has 0 atom stereocenters. The average Bonchev–Trinajstić information content (AvgIpc) is 2.69. The molecule has 0 bridgehead atoms. The lowest BCUT2D eigenvalue weighted by molar-refractivity contribution is 0.333. The zero-order valence-corrected chi connectivity index (χ0v) is 6.93. The summed E-state index contributed by atoms with van der Waals surface area (Å²) in [6, 6.07) is 0. The lowest BCUT2D eigenvalue weighted by Crippen LogP contribution is -2.20. The van der Waals surface area contributed by atoms with E-state index < -0.39 is 0 Å². The van der Waals surface area contributed by atoms with E-state index in [1.807, 2.05) is 0 Å². The summed E-state index contributed by atoms with van der Waals surface area (Å²) < 4.78 is 0. The first kappa shape index (κ1) is 5.80. The summed E-state index contributed by atoms with van der Waals surface area (Å²) in [5.74, 6) is 5.39. The monoisotopic (exact) mass is 156 g/mol. The third-order valence-corrected chi connectivity index (χ3v) is 4.19. The summed E-state index contributed by atoms with van der Waals surface area (Å²) in [7, 11) is 0. The molecule has 1 saturated carbocycles. The zero-order valence-electron chi connectivity index (χ0n) is 6.93. The highest BCUT2D eigenvalue weighted by molar-refractivity contribution is 5.34. The molecule has 0 heterocycles. The second-order valence-electron chi connectivity index (χ2n) is 4.62. The van der Waals surface area contributed by atoms with Gasteiger partial charge in [-0.25, -0.2) is 0 Å². The maximum atomic E-state index is 2.46. The second kappa shape index (κ2) is 1.61. The second-order valence-corrected chi connectivity index (χ2v) is 4.62. The minimum absolute atomic E-state index is 0.784. The fourth-order valence-corrected chi connectivity index (χ4v) is 3.59. The zero-order chi connectivity index (χ0) is 7.71. The van der Waals surface area contributed by atoms with Gasteiger partial charge in [0.05, 0.1) is 0 Å². The highest BCUT2D eigenvalue weighted by Gasteiger charge is 2.58. The van der Waals surface area contributed by atoms with Crippen molar-refractivity contribution in [1.29, 1.82) is 0 Å². The number of allylic oxidation sites excluding steroid dienone is 6. The SMILES string of the molecule is C1=CC2C=CC3C4C=CC1C2C43. The quantitative estimate of drug-likeness (QED) is 0.472. The molecule has 4 aliphatic rings. The van der Waals surface area contributed by atoms with Crippen LogP contribution in [0.5, 0.6) is 0 Å². The third-order valence-electron chi connectivity index (χ3n) is 4.19. The van der Waals surface area contributed by atoms with Crippen LogP contribution in [0.4, 0.5) is 0 Å². The lowest BCUT2D eigenvalue weighted by Gasteiger charge is -2.25. The van der Waals surface area contributed by atoms with Crippen LogP contribution < -0.4 is 0 Å². The van der Waals surface area contributed by atoms with E-state index in [2.05, 4.69) is 36.5 Å². The number of rotatable bonds is 0. The van der Waals surface area contributed by atoms with E-state index in [9.17, 15) is 0 Å². The van der Waals surface area contributed by atoms with E-state index in [-0.39, 0.29) is 0 Å². The Morgan fingerprint density at radius 2 is 1.00 bits per heavy atom. The summed E-state index contributed by atoms with van der Waals surface area (Å²) in [5, 5.41) is 0. The molecule has 0 aliphatic heterocycles. The first-order chi connectivity index (χ1) is 5.95. The van der Waals surface area contributed by atoms with Crippen molar-refractivity contribution in [2.75, 3.05) is 0 Å². The van der Waals surface area contributed by atoms with Crippen LogP contribution in [-0.2, 0) is 0 Å². The topological polar surface area (TPSA) is 0 Å². The van der Waals surface area contributed by atoms with Crippen LogP contribution in [0.2, 0.25) is 0 Å². The molecular formula is C12H12. The van der Waals surface area contributed by atoms with Crippen LogP contribution in [0.15, 0.2) is 36.5 Å². The maximum absolute atomic E-state index is 2.46. The molecule has 0 nitrogen and oxygen atoms in total. The van der Waals surface area contributed by atoms with Crippen LogP contribution >= 0.6 is 0 Å². The Morgan fingerprint density at radius 3 is 1.58 bits per heavy atom. The van der Waals surface area contributed by atoms with Crippen LogP contribution in [0.3, 0.4) is 0 Å². The Bertz CT molecular complexity index is 291. The molecule has 0 aromatic heterocycles. The van der Waals surface area contributed by atoms with E-state index in [0.717, 1.165) is 35.5 Å². The first-order valence-corrected chi connectivity index (χ1v) is 5.00. The van der Waals surface area contributed by atoms with E-state index in [0.29, 0.717) is 0 Å². The Hall–Kier alpha value is -0.780. The molecule has 0 radical (unpaired) electrons. The van der Waals surface area contributed by atoms with Gasteiger partial charge in [0.15, 0.2) is 0 Å². The molecule has 60 valence electrons. The van der Waals surface area contributed by atoms with Gasteiger partial charge in [-0.3, -0.25) is 0 Å². The van der Waals surface area contributed by atoms with Crippen molar-refractivity contribution in [3.63, 3.8) is 0 Å². The fraction of sp³-hybridized carbons (Fsp3) is 0.500. The van der Waals surface area contributed by atoms with Gasteiger partial charge in [0, 0.05) is 0 Å². The molecule has 0 amide bonds. The summed E-state index contributed by atoms with van der Waals surface area (Å²) >= 11 is 0. The van der Waals surface area contributed by atoms with Crippen molar-refractivity contribution in [1.82, 2.24) is 0 Å². The molecule has 12 heavy (non-hydrogen) atoms. The summed E-state index contributed by atoms with van der Waals surface area (Å²) in [4.78, 5) is 0. The van der Waals surface area contributed by atoms with Crippen molar-refractivity contribution in [3.05, 3.63) is 36.5 Å². The Morgan fingerprint density at radius 1 is 0.500 bits per heavy atom. The number of hydrogen-bond acceptors (Lipinski definition) is 0. The largest absolute Gasteiger partial charge is 0.0839 e. The minimum Gasteiger partial charge on any atom is -0.0839 e. The molecule has 0 aromatic carbocycles. The van der Waals surface area contributed by atoms with Crippen molar-refractivity contribution in [3.8, 4) is 0 Å². The van der Waals surface area contributed by atoms with Crippen molar-refractivity contribution in [2.24, 2.45) is 35.5 Å². The molecule has 1 fully saturated rings. The minimum atomic E-state index is 0.784. The fourth-order valence-electron chi connectivity index (χ4n) is 3.59. The van der Waals surface area contributed by atoms with Crippen LogP contribution in [0, 0.1) is 35.5 Å². The van der Waals surface area contributed by atoms with Crippen LogP contribution in [-0.4, -0.2) is 0 Å². The van der Waals surface area contributed by atoms with Gasteiger partial charge in [-0.2, -0.15) is 0 Å². The van der Waals surface area contributed by atoms with E-state index in [1.54, 1.807) is 0 Å². The van der Waals surface area contributed by atoms with Gasteiger partial charge in [-0.15, -0.1) is 0 Å². The van der Waals surface area contributed by atoms with Crippen LogP contribution in [0.1, 0.15) is 0 Å². The highest BCUT2D eigenvalue weighted by atomic mass is 14.6. The van der Waals surface area contributed by atoms with Crippen molar-refractivity contribution >= 4 is 0 Å². The van der Waals surface area contributed by atoms with E-state index >= 15 is 0 Å². The van der Waals surface area contributed by atoms with Gasteiger partial charge in [0.2, 0.25) is 0 Å². The van der Waals surface area contributed by atoms with Gasteiger partial charge < -0.3 is 0 Å². The first-order valence-electron chi connectivity index (χ1n) is 5.00. The molecule has 4 aliphatic carbocycles. The normalized spacial score (nSPS) is 62.0. The molecule has 0 unspecified atom stereocenters. The molecule has 4 rings (SSSR count). The third kappa shape index (κ3) is 0.475. The Kier molecular flexibility index (Phi) is 0.778. The Labute approximate surface area is 72.7 Å². The van der Waals surface area contributed by atoms with Gasteiger partial charge in [0.1, 0.15) is 0 Å². The molecular weight excluding hydrogens is 144 g/mol. The Balaban J connectivity index is 1.93. The smallest absolute Gasteiger partial charge is 0.00132 e. The van der Waals surface area contributed by atoms with E-state index in [1.165, 1.54) is 0 Å². The maximum Gasteiger partial charge on any atom is -0.00132 e. The van der Waals surface area contributed by atoms with Crippen LogP contribution in [0.25, 0.3) is 0 Å². The molecule has 0 aromatic rings. The predicted octanol–water partition coefficient (Wildman–Crippen LogP) is 2.41. The number of fused-ring (bicyclic) bond motifs is 1. The summed E-state index contributed by atoms with van der Waals surface area (Å²) in [5.41, 5.74) is 0. The van der Waals surface area contributed by atoms with E-state index in [4.69, 9.17) is 0 Å². The van der Waals surface area contributed by atoms with Gasteiger partial charge >= 0.3 is 0 Å². The highest BCUT2D eigenvalue weighted by Crippen LogP contribution is 2.63. The molecule has 0 heteroatoms. The molecule has 0 N–H and O–H groups in total. The van der Waals surface area contributed by atoms with Crippen molar-refractivity contribution in [2.45, 2.75) is 0 Å². The lowest BCUT2D eigenvalue weighted by atomic mass is 9.78. The standard InChI is InChI=1S/C12H12/c1-2-8-4-6-10-9-5-3-7(1)11(8)12(9)10/h1-12H. The molecule has 0 spiro atoms. The summed E-state index contributed by atoms with van der Waals surface area (Å²) in [6.07, 6.45) is 14.6.